The van der Waals surface area contributed by atoms with E-state index in [1.807, 2.05) is 0 Å². The van der Waals surface area contributed by atoms with E-state index in [4.69, 9.17) is 16.3 Å². The van der Waals surface area contributed by atoms with Crippen molar-refractivity contribution in [2.45, 2.75) is 12.8 Å². The van der Waals surface area contributed by atoms with E-state index in [1.165, 1.54) is 20.3 Å². The molecule has 0 aliphatic carbocycles. The fourth-order valence-electron chi connectivity index (χ4n) is 1.22. The number of rotatable bonds is 4. The summed E-state index contributed by atoms with van der Waals surface area (Å²) in [5.74, 6) is -0.745. The van der Waals surface area contributed by atoms with Crippen LogP contribution in [0, 0.1) is 0 Å². The van der Waals surface area contributed by atoms with Crippen LogP contribution in [0.3, 0.4) is 0 Å². The second kappa shape index (κ2) is 5.77. The van der Waals surface area contributed by atoms with Crippen LogP contribution in [0.4, 0.5) is 8.78 Å². The van der Waals surface area contributed by atoms with E-state index in [1.54, 1.807) is 0 Å². The molecule has 0 aliphatic heterocycles. The van der Waals surface area contributed by atoms with Crippen LogP contribution in [0.25, 0.3) is 0 Å². The van der Waals surface area contributed by atoms with E-state index in [0.717, 1.165) is 0 Å². The van der Waals surface area contributed by atoms with E-state index in [2.05, 4.69) is 9.72 Å². The standard InChI is InChI=1S/C10H10ClF2NO3/c1-16-7(15)4-5-3-6(11)10(17-2)14-8(5)9(12)13/h3,9H,4H2,1-2H3. The zero-order valence-corrected chi connectivity index (χ0v) is 9.92. The predicted molar refractivity (Wildman–Crippen MR) is 56.5 cm³/mol. The summed E-state index contributed by atoms with van der Waals surface area (Å²) in [5.41, 5.74) is -0.505. The first-order chi connectivity index (χ1) is 7.99. The molecule has 1 heterocycles. The summed E-state index contributed by atoms with van der Waals surface area (Å²) in [6.45, 7) is 0. The smallest absolute Gasteiger partial charge is 0.310 e. The Morgan fingerprint density at radius 1 is 1.53 bits per heavy atom. The Balaban J connectivity index is 3.18. The van der Waals surface area contributed by atoms with Crippen molar-refractivity contribution in [1.29, 1.82) is 0 Å². The molecule has 0 fully saturated rings. The minimum atomic E-state index is -2.82. The number of nitrogens with zero attached hydrogens (tertiary/aromatic N) is 1. The van der Waals surface area contributed by atoms with Crippen LogP contribution >= 0.6 is 11.6 Å². The SMILES string of the molecule is COC(=O)Cc1cc(Cl)c(OC)nc1C(F)F. The van der Waals surface area contributed by atoms with E-state index in [9.17, 15) is 13.6 Å². The van der Waals surface area contributed by atoms with Gasteiger partial charge in [0, 0.05) is 0 Å². The van der Waals surface area contributed by atoms with E-state index >= 15 is 0 Å². The molecular formula is C10H10ClF2NO3. The van der Waals surface area contributed by atoms with Crippen LogP contribution in [-0.2, 0) is 16.0 Å². The lowest BCUT2D eigenvalue weighted by Gasteiger charge is -2.10. The molecule has 0 aromatic carbocycles. The second-order valence-corrected chi connectivity index (χ2v) is 3.48. The lowest BCUT2D eigenvalue weighted by Crippen LogP contribution is -2.09. The first-order valence-electron chi connectivity index (χ1n) is 4.57. The maximum absolute atomic E-state index is 12.7. The zero-order chi connectivity index (χ0) is 13.0. The van der Waals surface area contributed by atoms with Crippen molar-refractivity contribution in [2.24, 2.45) is 0 Å². The number of methoxy groups -OCH3 is 2. The molecule has 0 saturated carbocycles. The summed E-state index contributed by atoms with van der Waals surface area (Å²) >= 11 is 5.75. The third-order valence-electron chi connectivity index (χ3n) is 2.02. The molecule has 0 aliphatic rings. The number of carbonyl (C=O) groups is 1. The van der Waals surface area contributed by atoms with Gasteiger partial charge in [0.15, 0.2) is 0 Å². The van der Waals surface area contributed by atoms with Gasteiger partial charge in [-0.05, 0) is 11.6 Å². The average Bonchev–Trinajstić information content (AvgIpc) is 2.28. The number of hydrogen-bond donors (Lipinski definition) is 0. The van der Waals surface area contributed by atoms with Crippen molar-refractivity contribution in [3.05, 3.63) is 22.3 Å². The molecule has 94 valence electrons. The van der Waals surface area contributed by atoms with Gasteiger partial charge in [0.25, 0.3) is 6.43 Å². The molecule has 0 amide bonds. The Labute approximate surface area is 101 Å². The monoisotopic (exact) mass is 265 g/mol. The van der Waals surface area contributed by atoms with Gasteiger partial charge < -0.3 is 9.47 Å². The van der Waals surface area contributed by atoms with Crippen LogP contribution in [0.5, 0.6) is 5.88 Å². The predicted octanol–water partition coefficient (Wildman–Crippen LogP) is 2.40. The highest BCUT2D eigenvalue weighted by Crippen LogP contribution is 2.30. The normalized spacial score (nSPS) is 10.5. The molecule has 7 heteroatoms. The Morgan fingerprint density at radius 2 is 2.18 bits per heavy atom. The molecule has 17 heavy (non-hydrogen) atoms. The van der Waals surface area contributed by atoms with Gasteiger partial charge in [-0.2, -0.15) is 0 Å². The topological polar surface area (TPSA) is 48.4 Å². The largest absolute Gasteiger partial charge is 0.480 e. The summed E-state index contributed by atoms with van der Waals surface area (Å²) in [4.78, 5) is 14.6. The van der Waals surface area contributed by atoms with Gasteiger partial charge in [-0.3, -0.25) is 4.79 Å². The maximum Gasteiger partial charge on any atom is 0.310 e. The van der Waals surface area contributed by atoms with Gasteiger partial charge in [-0.1, -0.05) is 11.6 Å². The van der Waals surface area contributed by atoms with Gasteiger partial charge in [0.1, 0.15) is 10.7 Å². The minimum absolute atomic E-state index is 0.0256. The summed E-state index contributed by atoms with van der Waals surface area (Å²) < 4.78 is 34.6. The van der Waals surface area contributed by atoms with Crippen molar-refractivity contribution in [2.75, 3.05) is 14.2 Å². The molecule has 1 rings (SSSR count). The molecule has 0 atom stereocenters. The molecule has 1 aromatic heterocycles. The van der Waals surface area contributed by atoms with Crippen LogP contribution in [0.1, 0.15) is 17.7 Å². The van der Waals surface area contributed by atoms with Crippen molar-refractivity contribution in [3.8, 4) is 5.88 Å². The number of aromatic nitrogens is 1. The highest BCUT2D eigenvalue weighted by atomic mass is 35.5. The van der Waals surface area contributed by atoms with E-state index < -0.39 is 18.1 Å². The third kappa shape index (κ3) is 3.26. The molecule has 0 saturated heterocycles. The Kier molecular flexibility index (Phi) is 4.62. The fraction of sp³-hybridized carbons (Fsp3) is 0.400. The maximum atomic E-state index is 12.7. The summed E-state index contributed by atoms with van der Waals surface area (Å²) in [7, 11) is 2.44. The number of halogens is 3. The van der Waals surface area contributed by atoms with Crippen LogP contribution in [-0.4, -0.2) is 25.2 Å². The molecule has 0 bridgehead atoms. The summed E-state index contributed by atoms with van der Waals surface area (Å²) in [6.07, 6.45) is -3.13. The molecule has 0 N–H and O–H groups in total. The van der Waals surface area contributed by atoms with Crippen LogP contribution < -0.4 is 4.74 Å². The Bertz CT molecular complexity index is 426. The average molecular weight is 266 g/mol. The number of ether oxygens (including phenoxy) is 2. The molecule has 0 radical (unpaired) electrons. The quantitative estimate of drug-likeness (QED) is 0.785. The molecule has 1 aromatic rings. The lowest BCUT2D eigenvalue weighted by molar-refractivity contribution is -0.139. The van der Waals surface area contributed by atoms with Crippen LogP contribution in [0.2, 0.25) is 5.02 Å². The van der Waals surface area contributed by atoms with E-state index in [0.29, 0.717) is 0 Å². The highest BCUT2D eigenvalue weighted by Gasteiger charge is 2.20. The molecule has 0 unspecified atom stereocenters. The molecular weight excluding hydrogens is 256 g/mol. The number of carbonyl (C=O) groups excluding carboxylic acids is 1. The third-order valence-corrected chi connectivity index (χ3v) is 2.29. The molecule has 0 spiro atoms. The number of hydrogen-bond acceptors (Lipinski definition) is 4. The molecule has 4 nitrogen and oxygen atoms in total. The fourth-order valence-corrected chi connectivity index (χ4v) is 1.48. The second-order valence-electron chi connectivity index (χ2n) is 3.08. The number of esters is 1. The van der Waals surface area contributed by atoms with Crippen molar-refractivity contribution in [3.63, 3.8) is 0 Å². The van der Waals surface area contributed by atoms with Crippen molar-refractivity contribution < 1.29 is 23.0 Å². The van der Waals surface area contributed by atoms with Gasteiger partial charge >= 0.3 is 5.97 Å². The lowest BCUT2D eigenvalue weighted by atomic mass is 10.1. The highest BCUT2D eigenvalue weighted by molar-refractivity contribution is 6.31. The van der Waals surface area contributed by atoms with Gasteiger partial charge in [-0.15, -0.1) is 0 Å². The zero-order valence-electron chi connectivity index (χ0n) is 9.17. The number of pyridine rings is 1. The van der Waals surface area contributed by atoms with Gasteiger partial charge in [-0.25, -0.2) is 13.8 Å². The Morgan fingerprint density at radius 3 is 2.65 bits per heavy atom. The first kappa shape index (κ1) is 13.6. The summed E-state index contributed by atoms with van der Waals surface area (Å²) in [6, 6.07) is 1.23. The van der Waals surface area contributed by atoms with E-state index in [-0.39, 0.29) is 22.9 Å². The summed E-state index contributed by atoms with van der Waals surface area (Å²) in [5, 5.41) is 0.0656. The Hall–Kier alpha value is -1.43. The van der Waals surface area contributed by atoms with Gasteiger partial charge in [0.2, 0.25) is 5.88 Å². The minimum Gasteiger partial charge on any atom is -0.480 e. The van der Waals surface area contributed by atoms with Crippen molar-refractivity contribution >= 4 is 17.6 Å². The van der Waals surface area contributed by atoms with Crippen LogP contribution in [0.15, 0.2) is 6.07 Å². The van der Waals surface area contributed by atoms with Crippen molar-refractivity contribution in [1.82, 2.24) is 4.98 Å². The number of alkyl halides is 2. The first-order valence-corrected chi connectivity index (χ1v) is 4.95. The van der Waals surface area contributed by atoms with Gasteiger partial charge in [0.05, 0.1) is 20.6 Å².